The number of ether oxygens (including phenoxy) is 2. The van der Waals surface area contributed by atoms with Gasteiger partial charge in [0, 0.05) is 19.2 Å². The first-order chi connectivity index (χ1) is 9.56. The van der Waals surface area contributed by atoms with Crippen LogP contribution in [0.15, 0.2) is 18.2 Å². The average molecular weight is 278 g/mol. The molecule has 1 aromatic rings. The van der Waals surface area contributed by atoms with Crippen molar-refractivity contribution in [3.63, 3.8) is 0 Å². The predicted molar refractivity (Wildman–Crippen MR) is 72.6 cm³/mol. The second-order valence-corrected chi connectivity index (χ2v) is 4.61. The summed E-state index contributed by atoms with van der Waals surface area (Å²) in [7, 11) is 4.68. The lowest BCUT2D eigenvalue weighted by Crippen LogP contribution is -2.36. The Morgan fingerprint density at radius 2 is 2.05 bits per heavy atom. The van der Waals surface area contributed by atoms with Crippen LogP contribution >= 0.6 is 0 Å². The normalized spacial score (nSPS) is 18.6. The van der Waals surface area contributed by atoms with Crippen molar-refractivity contribution >= 4 is 11.8 Å². The molecule has 1 aliphatic heterocycles. The monoisotopic (exact) mass is 278 g/mol. The lowest BCUT2D eigenvalue weighted by atomic mass is 10.1. The summed E-state index contributed by atoms with van der Waals surface area (Å²) < 4.78 is 10.4. The molecule has 1 unspecified atom stereocenters. The van der Waals surface area contributed by atoms with Crippen LogP contribution in [0.4, 0.5) is 0 Å². The lowest BCUT2D eigenvalue weighted by molar-refractivity contribution is -0.137. The highest BCUT2D eigenvalue weighted by Gasteiger charge is 2.35. The Morgan fingerprint density at radius 3 is 2.60 bits per heavy atom. The van der Waals surface area contributed by atoms with Crippen molar-refractivity contribution in [1.29, 1.82) is 0 Å². The van der Waals surface area contributed by atoms with E-state index in [1.54, 1.807) is 20.3 Å². The minimum absolute atomic E-state index is 0.162. The molecule has 0 aromatic heterocycles. The largest absolute Gasteiger partial charge is 0.497 e. The van der Waals surface area contributed by atoms with Gasteiger partial charge < -0.3 is 14.8 Å². The van der Waals surface area contributed by atoms with Crippen LogP contribution in [-0.2, 0) is 16.1 Å². The molecule has 1 atom stereocenters. The van der Waals surface area contributed by atoms with Crippen molar-refractivity contribution in [2.45, 2.75) is 19.0 Å². The maximum absolute atomic E-state index is 11.8. The van der Waals surface area contributed by atoms with Crippen molar-refractivity contribution < 1.29 is 19.1 Å². The molecule has 2 amide bonds. The van der Waals surface area contributed by atoms with E-state index in [1.807, 2.05) is 12.1 Å². The number of likely N-dealkylation sites (tertiary alicyclic amines) is 1. The number of methoxy groups -OCH3 is 2. The first-order valence-electron chi connectivity index (χ1n) is 6.31. The molecule has 0 bridgehead atoms. The van der Waals surface area contributed by atoms with E-state index in [1.165, 1.54) is 7.05 Å². The highest BCUT2D eigenvalue weighted by molar-refractivity contribution is 6.05. The smallest absolute Gasteiger partial charge is 0.246 e. The van der Waals surface area contributed by atoms with Gasteiger partial charge in [0.05, 0.1) is 26.7 Å². The maximum Gasteiger partial charge on any atom is 0.246 e. The number of imide groups is 1. The quantitative estimate of drug-likeness (QED) is 0.797. The van der Waals surface area contributed by atoms with E-state index in [4.69, 9.17) is 9.47 Å². The fourth-order valence-electron chi connectivity index (χ4n) is 2.17. The zero-order chi connectivity index (χ0) is 14.7. The van der Waals surface area contributed by atoms with Crippen LogP contribution in [-0.4, -0.2) is 44.0 Å². The van der Waals surface area contributed by atoms with Gasteiger partial charge in [0.15, 0.2) is 0 Å². The van der Waals surface area contributed by atoms with E-state index in [2.05, 4.69) is 5.32 Å². The van der Waals surface area contributed by atoms with Gasteiger partial charge in [-0.15, -0.1) is 0 Å². The van der Waals surface area contributed by atoms with Crippen LogP contribution in [0.1, 0.15) is 12.0 Å². The number of hydrogen-bond donors (Lipinski definition) is 1. The predicted octanol–water partition coefficient (Wildman–Crippen LogP) is 0.551. The number of rotatable bonds is 5. The molecule has 1 N–H and O–H groups in total. The van der Waals surface area contributed by atoms with E-state index in [0.29, 0.717) is 18.0 Å². The Labute approximate surface area is 117 Å². The van der Waals surface area contributed by atoms with Crippen LogP contribution in [0, 0.1) is 0 Å². The number of benzene rings is 1. The van der Waals surface area contributed by atoms with Gasteiger partial charge in [0.2, 0.25) is 11.8 Å². The fraction of sp³-hybridized carbons (Fsp3) is 0.429. The number of amides is 2. The van der Waals surface area contributed by atoms with E-state index >= 15 is 0 Å². The van der Waals surface area contributed by atoms with Crippen molar-refractivity contribution in [3.8, 4) is 11.5 Å². The van der Waals surface area contributed by atoms with E-state index in [-0.39, 0.29) is 18.2 Å². The molecule has 1 saturated heterocycles. The van der Waals surface area contributed by atoms with Crippen LogP contribution < -0.4 is 14.8 Å². The first-order valence-corrected chi connectivity index (χ1v) is 6.31. The third kappa shape index (κ3) is 2.75. The lowest BCUT2D eigenvalue weighted by Gasteiger charge is -2.14. The second-order valence-electron chi connectivity index (χ2n) is 4.61. The summed E-state index contributed by atoms with van der Waals surface area (Å²) in [6, 6.07) is 4.99. The van der Waals surface area contributed by atoms with Gasteiger partial charge in [-0.25, -0.2) is 0 Å². The van der Waals surface area contributed by atoms with Gasteiger partial charge in [0.1, 0.15) is 11.5 Å². The minimum atomic E-state index is -0.469. The second kappa shape index (κ2) is 5.92. The average Bonchev–Trinajstić information content (AvgIpc) is 2.72. The number of carbonyl (C=O) groups excluding carboxylic acids is 2. The summed E-state index contributed by atoms with van der Waals surface area (Å²) >= 11 is 0. The molecular weight excluding hydrogens is 260 g/mol. The molecule has 2 rings (SSSR count). The fourth-order valence-corrected chi connectivity index (χ4v) is 2.17. The SMILES string of the molecule is COc1ccc(OC)c(CNC2CC(=O)N(C)C2=O)c1. The van der Waals surface area contributed by atoms with E-state index in [9.17, 15) is 9.59 Å². The topological polar surface area (TPSA) is 67.9 Å². The summed E-state index contributed by atoms with van der Waals surface area (Å²) in [5, 5.41) is 3.09. The third-order valence-electron chi connectivity index (χ3n) is 3.41. The Hall–Kier alpha value is -2.08. The van der Waals surface area contributed by atoms with E-state index in [0.717, 1.165) is 10.5 Å². The van der Waals surface area contributed by atoms with Gasteiger partial charge in [0.25, 0.3) is 0 Å². The standard InChI is InChI=1S/C14H18N2O4/c1-16-13(17)7-11(14(16)18)15-8-9-6-10(19-2)4-5-12(9)20-3/h4-6,11,15H,7-8H2,1-3H3. The Balaban J connectivity index is 2.07. The zero-order valence-corrected chi connectivity index (χ0v) is 11.8. The van der Waals surface area contributed by atoms with E-state index < -0.39 is 6.04 Å². The van der Waals surface area contributed by atoms with Crippen molar-refractivity contribution in [3.05, 3.63) is 23.8 Å². The van der Waals surface area contributed by atoms with Crippen LogP contribution in [0.2, 0.25) is 0 Å². The van der Waals surface area contributed by atoms with Gasteiger partial charge >= 0.3 is 0 Å². The molecule has 1 fully saturated rings. The molecule has 108 valence electrons. The molecule has 6 nitrogen and oxygen atoms in total. The summed E-state index contributed by atoms with van der Waals surface area (Å²) in [4.78, 5) is 24.4. The maximum atomic E-state index is 11.8. The molecule has 6 heteroatoms. The molecule has 20 heavy (non-hydrogen) atoms. The summed E-state index contributed by atoms with van der Waals surface area (Å²) in [6.07, 6.45) is 0.196. The summed E-state index contributed by atoms with van der Waals surface area (Å²) in [6.45, 7) is 0.428. The van der Waals surface area contributed by atoms with Gasteiger partial charge in [-0.05, 0) is 18.2 Å². The molecule has 0 spiro atoms. The third-order valence-corrected chi connectivity index (χ3v) is 3.41. The molecule has 0 aliphatic carbocycles. The van der Waals surface area contributed by atoms with Gasteiger partial charge in [-0.3, -0.25) is 14.5 Å². The molecule has 1 aromatic carbocycles. The highest BCUT2D eigenvalue weighted by Crippen LogP contribution is 2.24. The first kappa shape index (κ1) is 14.3. The summed E-state index contributed by atoms with van der Waals surface area (Å²) in [5.74, 6) is 1.07. The number of nitrogens with one attached hydrogen (secondary N) is 1. The van der Waals surface area contributed by atoms with Crippen LogP contribution in [0.25, 0.3) is 0 Å². The molecule has 0 saturated carbocycles. The van der Waals surface area contributed by atoms with Crippen LogP contribution in [0.5, 0.6) is 11.5 Å². The minimum Gasteiger partial charge on any atom is -0.497 e. The number of carbonyl (C=O) groups is 2. The number of hydrogen-bond acceptors (Lipinski definition) is 5. The zero-order valence-electron chi connectivity index (χ0n) is 11.8. The Kier molecular flexibility index (Phi) is 4.24. The molecule has 0 radical (unpaired) electrons. The summed E-state index contributed by atoms with van der Waals surface area (Å²) in [5.41, 5.74) is 0.877. The Bertz CT molecular complexity index is 530. The Morgan fingerprint density at radius 1 is 1.30 bits per heavy atom. The number of nitrogens with zero attached hydrogens (tertiary/aromatic N) is 1. The van der Waals surface area contributed by atoms with Crippen molar-refractivity contribution in [2.24, 2.45) is 0 Å². The van der Waals surface area contributed by atoms with Crippen LogP contribution in [0.3, 0.4) is 0 Å². The van der Waals surface area contributed by atoms with Gasteiger partial charge in [-0.1, -0.05) is 0 Å². The molecule has 1 aliphatic rings. The highest BCUT2D eigenvalue weighted by atomic mass is 16.5. The van der Waals surface area contributed by atoms with Crippen molar-refractivity contribution in [2.75, 3.05) is 21.3 Å². The van der Waals surface area contributed by atoms with Crippen molar-refractivity contribution in [1.82, 2.24) is 10.2 Å². The molecule has 1 heterocycles. The number of likely N-dealkylation sites (N-methyl/N-ethyl adjacent to an activating group) is 1. The van der Waals surface area contributed by atoms with Gasteiger partial charge in [-0.2, -0.15) is 0 Å². The molecular formula is C14H18N2O4.